The molecule has 0 saturated carbocycles. The van der Waals surface area contributed by atoms with E-state index in [0.29, 0.717) is 17.8 Å². The molecule has 14 heavy (non-hydrogen) atoms. The van der Waals surface area contributed by atoms with Gasteiger partial charge < -0.3 is 11.1 Å². The van der Waals surface area contributed by atoms with Gasteiger partial charge in [0.1, 0.15) is 6.07 Å². The molecule has 0 atom stereocenters. The Morgan fingerprint density at radius 1 is 1.64 bits per heavy atom. The van der Waals surface area contributed by atoms with Crippen LogP contribution in [0.5, 0.6) is 0 Å². The summed E-state index contributed by atoms with van der Waals surface area (Å²) >= 11 is 0. The molecule has 3 heteroatoms. The summed E-state index contributed by atoms with van der Waals surface area (Å²) in [4.78, 5) is 0. The molecule has 0 aliphatic heterocycles. The zero-order valence-electron chi connectivity index (χ0n) is 8.17. The summed E-state index contributed by atoms with van der Waals surface area (Å²) in [5, 5.41) is 11.8. The molecule has 1 aromatic rings. The standard InChI is InChI=1S/C11H13N3/c1-8(2)7-14-10-4-3-9(6-12)11(13)5-10/h3-5,14H,1,7,13H2,2H3. The fourth-order valence-electron chi connectivity index (χ4n) is 1.03. The first-order chi connectivity index (χ1) is 6.63. The fourth-order valence-corrected chi connectivity index (χ4v) is 1.03. The normalized spacial score (nSPS) is 9.14. The predicted octanol–water partition coefficient (Wildman–Crippen LogP) is 2.13. The molecule has 0 saturated heterocycles. The lowest BCUT2D eigenvalue weighted by atomic mass is 10.2. The minimum atomic E-state index is 0.499. The molecular weight excluding hydrogens is 174 g/mol. The summed E-state index contributed by atoms with van der Waals surface area (Å²) in [7, 11) is 0. The van der Waals surface area contributed by atoms with Gasteiger partial charge in [-0.15, -0.1) is 0 Å². The van der Waals surface area contributed by atoms with Crippen LogP contribution in [0.4, 0.5) is 11.4 Å². The Morgan fingerprint density at radius 2 is 2.36 bits per heavy atom. The minimum absolute atomic E-state index is 0.499. The maximum atomic E-state index is 8.66. The average molecular weight is 187 g/mol. The Labute approximate surface area is 83.8 Å². The molecule has 0 spiro atoms. The number of rotatable bonds is 3. The summed E-state index contributed by atoms with van der Waals surface area (Å²) in [6.45, 7) is 6.44. The quantitative estimate of drug-likeness (QED) is 0.563. The van der Waals surface area contributed by atoms with Gasteiger partial charge in [0.25, 0.3) is 0 Å². The van der Waals surface area contributed by atoms with Gasteiger partial charge in [0.2, 0.25) is 0 Å². The van der Waals surface area contributed by atoms with E-state index >= 15 is 0 Å². The van der Waals surface area contributed by atoms with Crippen LogP contribution in [0.25, 0.3) is 0 Å². The van der Waals surface area contributed by atoms with E-state index in [9.17, 15) is 0 Å². The number of hydrogen-bond acceptors (Lipinski definition) is 3. The van der Waals surface area contributed by atoms with Crippen LogP contribution in [-0.2, 0) is 0 Å². The van der Waals surface area contributed by atoms with E-state index in [1.807, 2.05) is 19.1 Å². The van der Waals surface area contributed by atoms with Crippen LogP contribution >= 0.6 is 0 Å². The molecule has 72 valence electrons. The molecule has 0 aliphatic carbocycles. The van der Waals surface area contributed by atoms with Crippen molar-refractivity contribution in [3.8, 4) is 6.07 Å². The van der Waals surface area contributed by atoms with Gasteiger partial charge in [0.15, 0.2) is 0 Å². The number of nitrogens with two attached hydrogens (primary N) is 1. The van der Waals surface area contributed by atoms with E-state index in [1.165, 1.54) is 0 Å². The smallest absolute Gasteiger partial charge is 0.101 e. The van der Waals surface area contributed by atoms with Gasteiger partial charge in [-0.2, -0.15) is 5.26 Å². The highest BCUT2D eigenvalue weighted by Crippen LogP contribution is 2.17. The SMILES string of the molecule is C=C(C)CNc1ccc(C#N)c(N)c1. The summed E-state index contributed by atoms with van der Waals surface area (Å²) < 4.78 is 0. The van der Waals surface area contributed by atoms with Crippen molar-refractivity contribution in [3.05, 3.63) is 35.9 Å². The first-order valence-corrected chi connectivity index (χ1v) is 4.31. The maximum absolute atomic E-state index is 8.66. The number of benzene rings is 1. The second kappa shape index (κ2) is 4.33. The van der Waals surface area contributed by atoms with Crippen LogP contribution in [0.2, 0.25) is 0 Å². The second-order valence-corrected chi connectivity index (χ2v) is 3.22. The largest absolute Gasteiger partial charge is 0.398 e. The Hall–Kier alpha value is -1.95. The Morgan fingerprint density at radius 3 is 2.86 bits per heavy atom. The third-order valence-electron chi connectivity index (χ3n) is 1.77. The summed E-state index contributed by atoms with van der Waals surface area (Å²) in [5.41, 5.74) is 8.61. The van der Waals surface area contributed by atoms with Gasteiger partial charge >= 0.3 is 0 Å². The van der Waals surface area contributed by atoms with Crippen molar-refractivity contribution in [2.24, 2.45) is 0 Å². The monoisotopic (exact) mass is 187 g/mol. The van der Waals surface area contributed by atoms with Crippen molar-refractivity contribution in [1.29, 1.82) is 5.26 Å². The topological polar surface area (TPSA) is 61.8 Å². The van der Waals surface area contributed by atoms with Gasteiger partial charge in [0.05, 0.1) is 11.3 Å². The number of hydrogen-bond donors (Lipinski definition) is 2. The minimum Gasteiger partial charge on any atom is -0.398 e. The van der Waals surface area contributed by atoms with E-state index in [4.69, 9.17) is 11.0 Å². The molecule has 0 bridgehead atoms. The second-order valence-electron chi connectivity index (χ2n) is 3.22. The number of nitriles is 1. The highest BCUT2D eigenvalue weighted by Gasteiger charge is 1.98. The summed E-state index contributed by atoms with van der Waals surface area (Å²) in [6, 6.07) is 7.30. The molecule has 3 nitrogen and oxygen atoms in total. The zero-order valence-corrected chi connectivity index (χ0v) is 8.17. The summed E-state index contributed by atoms with van der Waals surface area (Å²) in [6.07, 6.45) is 0. The summed E-state index contributed by atoms with van der Waals surface area (Å²) in [5.74, 6) is 0. The lowest BCUT2D eigenvalue weighted by Crippen LogP contribution is -2.02. The lowest BCUT2D eigenvalue weighted by Gasteiger charge is -2.07. The van der Waals surface area contributed by atoms with Crippen molar-refractivity contribution in [1.82, 2.24) is 0 Å². The van der Waals surface area contributed by atoms with Crippen LogP contribution in [0.1, 0.15) is 12.5 Å². The van der Waals surface area contributed by atoms with Crippen LogP contribution in [-0.4, -0.2) is 6.54 Å². The molecule has 0 aromatic heterocycles. The van der Waals surface area contributed by atoms with Gasteiger partial charge in [-0.1, -0.05) is 12.2 Å². The third-order valence-corrected chi connectivity index (χ3v) is 1.77. The van der Waals surface area contributed by atoms with Crippen LogP contribution < -0.4 is 11.1 Å². The molecule has 0 amide bonds. The molecule has 1 rings (SSSR count). The first-order valence-electron chi connectivity index (χ1n) is 4.31. The van der Waals surface area contributed by atoms with Crippen molar-refractivity contribution in [2.45, 2.75) is 6.92 Å². The molecule has 1 aromatic carbocycles. The van der Waals surface area contributed by atoms with Crippen LogP contribution in [0.3, 0.4) is 0 Å². The fraction of sp³-hybridized carbons (Fsp3) is 0.182. The number of nitrogens with one attached hydrogen (secondary N) is 1. The average Bonchev–Trinajstić information content (AvgIpc) is 2.15. The molecular formula is C11H13N3. The number of nitrogens with zero attached hydrogens (tertiary/aromatic N) is 1. The zero-order chi connectivity index (χ0) is 10.6. The van der Waals surface area contributed by atoms with Gasteiger partial charge in [-0.3, -0.25) is 0 Å². The highest BCUT2D eigenvalue weighted by molar-refractivity contribution is 5.62. The van der Waals surface area contributed by atoms with E-state index in [2.05, 4.69) is 11.9 Å². The lowest BCUT2D eigenvalue weighted by molar-refractivity contribution is 1.22. The molecule has 0 aliphatic rings. The van der Waals surface area contributed by atoms with E-state index in [0.717, 1.165) is 11.3 Å². The number of nitrogen functional groups attached to an aromatic ring is 1. The van der Waals surface area contributed by atoms with E-state index in [-0.39, 0.29) is 0 Å². The Kier molecular flexibility index (Phi) is 3.14. The van der Waals surface area contributed by atoms with Crippen LogP contribution in [0.15, 0.2) is 30.4 Å². The van der Waals surface area contributed by atoms with Gasteiger partial charge in [-0.25, -0.2) is 0 Å². The van der Waals surface area contributed by atoms with Crippen molar-refractivity contribution < 1.29 is 0 Å². The number of anilines is 2. The Bertz CT molecular complexity index is 388. The Balaban J connectivity index is 2.77. The van der Waals surface area contributed by atoms with E-state index < -0.39 is 0 Å². The molecule has 0 radical (unpaired) electrons. The molecule has 0 unspecified atom stereocenters. The van der Waals surface area contributed by atoms with Crippen LogP contribution in [0, 0.1) is 11.3 Å². The maximum Gasteiger partial charge on any atom is 0.101 e. The molecule has 0 heterocycles. The predicted molar refractivity (Wildman–Crippen MR) is 58.9 cm³/mol. The van der Waals surface area contributed by atoms with Gasteiger partial charge in [0, 0.05) is 12.2 Å². The van der Waals surface area contributed by atoms with Crippen molar-refractivity contribution in [3.63, 3.8) is 0 Å². The first kappa shape index (κ1) is 10.1. The van der Waals surface area contributed by atoms with E-state index in [1.54, 1.807) is 12.1 Å². The van der Waals surface area contributed by atoms with Crippen molar-refractivity contribution >= 4 is 11.4 Å². The molecule has 0 fully saturated rings. The molecule has 3 N–H and O–H groups in total. The van der Waals surface area contributed by atoms with Crippen molar-refractivity contribution in [2.75, 3.05) is 17.6 Å². The van der Waals surface area contributed by atoms with Gasteiger partial charge in [-0.05, 0) is 25.1 Å². The highest BCUT2D eigenvalue weighted by atomic mass is 14.9. The third kappa shape index (κ3) is 2.53.